The van der Waals surface area contributed by atoms with Crippen LogP contribution in [0.3, 0.4) is 0 Å². The van der Waals surface area contributed by atoms with E-state index < -0.39 is 18.0 Å². The number of nitrogens with zero attached hydrogens (tertiary/aromatic N) is 4. The van der Waals surface area contributed by atoms with Crippen LogP contribution < -0.4 is 4.90 Å². The highest BCUT2D eigenvalue weighted by Gasteiger charge is 2.22. The highest BCUT2D eigenvalue weighted by Crippen LogP contribution is 2.30. The second-order valence-electron chi connectivity index (χ2n) is 9.87. The summed E-state index contributed by atoms with van der Waals surface area (Å²) in [5.41, 5.74) is 2.43. The summed E-state index contributed by atoms with van der Waals surface area (Å²) in [5, 5.41) is 8.55. The molecule has 10 heteroatoms. The number of hydrogen-bond donors (Lipinski definition) is 0. The van der Waals surface area contributed by atoms with Gasteiger partial charge in [0.25, 0.3) is 0 Å². The van der Waals surface area contributed by atoms with E-state index in [0.29, 0.717) is 34.6 Å². The molecule has 1 atom stereocenters. The number of halogens is 1. The molecule has 216 valence electrons. The summed E-state index contributed by atoms with van der Waals surface area (Å²) in [6.45, 7) is 4.12. The maximum atomic E-state index is 12.3. The third-order valence-corrected chi connectivity index (χ3v) is 7.08. The van der Waals surface area contributed by atoms with Gasteiger partial charge in [0.2, 0.25) is 6.41 Å². The van der Waals surface area contributed by atoms with E-state index in [1.807, 2.05) is 24.3 Å². The Labute approximate surface area is 240 Å². The molecule has 0 spiro atoms. The molecule has 3 rings (SSSR count). The Hall–Kier alpha value is -3.46. The summed E-state index contributed by atoms with van der Waals surface area (Å²) >= 11 is 6.40. The lowest BCUT2D eigenvalue weighted by atomic mass is 10.1. The molecule has 1 unspecified atom stereocenters. The first kappa shape index (κ1) is 31.1. The quantitative estimate of drug-likeness (QED) is 0.0763. The number of esters is 2. The number of carbonyl (C=O) groups excluding carboxylic acids is 3. The van der Waals surface area contributed by atoms with E-state index >= 15 is 0 Å². The van der Waals surface area contributed by atoms with Gasteiger partial charge in [0.1, 0.15) is 18.3 Å². The first-order valence-corrected chi connectivity index (χ1v) is 14.5. The van der Waals surface area contributed by atoms with Crippen molar-refractivity contribution in [1.82, 2.24) is 15.0 Å². The van der Waals surface area contributed by atoms with Crippen molar-refractivity contribution >= 4 is 46.7 Å². The number of fused-ring (bicyclic) bond motifs is 1. The second kappa shape index (κ2) is 16.6. The van der Waals surface area contributed by atoms with Gasteiger partial charge in [-0.2, -0.15) is 0 Å². The first-order chi connectivity index (χ1) is 19.4. The summed E-state index contributed by atoms with van der Waals surface area (Å²) in [5.74, 6) is -2.07. The maximum Gasteiger partial charge on any atom is 0.418 e. The molecule has 0 aliphatic rings. The molecule has 0 fully saturated rings. The van der Waals surface area contributed by atoms with Crippen molar-refractivity contribution in [2.45, 2.75) is 90.8 Å². The van der Waals surface area contributed by atoms with Crippen LogP contribution in [-0.2, 0) is 30.5 Å². The lowest BCUT2D eigenvalue weighted by Crippen LogP contribution is -2.26. The molecule has 0 aliphatic carbocycles. The highest BCUT2D eigenvalue weighted by atomic mass is 35.5. The third-order valence-electron chi connectivity index (χ3n) is 6.76. The Balaban J connectivity index is 1.45. The van der Waals surface area contributed by atoms with E-state index in [4.69, 9.17) is 21.1 Å². The van der Waals surface area contributed by atoms with Crippen molar-refractivity contribution in [2.24, 2.45) is 0 Å². The summed E-state index contributed by atoms with van der Waals surface area (Å²) in [6, 6.07) is 12.3. The minimum Gasteiger partial charge on any atom is -0.457 e. The zero-order valence-electron chi connectivity index (χ0n) is 23.4. The number of para-hydroxylation sites is 1. The van der Waals surface area contributed by atoms with Crippen LogP contribution in [0, 0.1) is 0 Å². The SMILES string of the molecule is CCCCCCCCCCCCOC(=O)C(=O)OC(C)c1ccc(Cl)c(N(C=O)Cn2nnc3ccccc32)c1. The number of benzene rings is 2. The molecule has 1 amide bonds. The molecule has 1 aromatic heterocycles. The van der Waals surface area contributed by atoms with Gasteiger partial charge in [0.05, 0.1) is 22.8 Å². The molecule has 0 radical (unpaired) electrons. The monoisotopic (exact) mass is 570 g/mol. The Kier molecular flexibility index (Phi) is 12.9. The van der Waals surface area contributed by atoms with Crippen LogP contribution in [0.15, 0.2) is 42.5 Å². The molecule has 0 N–H and O–H groups in total. The Morgan fingerprint density at radius 2 is 1.65 bits per heavy atom. The molecule has 0 aliphatic heterocycles. The summed E-state index contributed by atoms with van der Waals surface area (Å²) < 4.78 is 12.0. The smallest absolute Gasteiger partial charge is 0.418 e. The molecule has 0 saturated carbocycles. The summed E-state index contributed by atoms with van der Waals surface area (Å²) in [4.78, 5) is 37.8. The predicted octanol–water partition coefficient (Wildman–Crippen LogP) is 6.77. The van der Waals surface area contributed by atoms with Crippen molar-refractivity contribution in [3.63, 3.8) is 0 Å². The van der Waals surface area contributed by atoms with Gasteiger partial charge in [0, 0.05) is 0 Å². The fraction of sp³-hybridized carbons (Fsp3) is 0.500. The van der Waals surface area contributed by atoms with Gasteiger partial charge < -0.3 is 9.47 Å². The van der Waals surface area contributed by atoms with Crippen molar-refractivity contribution in [3.8, 4) is 0 Å². The fourth-order valence-corrected chi connectivity index (χ4v) is 4.65. The fourth-order valence-electron chi connectivity index (χ4n) is 4.43. The molecule has 0 saturated heterocycles. The van der Waals surface area contributed by atoms with Crippen LogP contribution >= 0.6 is 11.6 Å². The molecule has 3 aromatic rings. The van der Waals surface area contributed by atoms with E-state index in [0.717, 1.165) is 18.4 Å². The Morgan fingerprint density at radius 1 is 0.975 bits per heavy atom. The van der Waals surface area contributed by atoms with Gasteiger partial charge in [-0.1, -0.05) is 99.7 Å². The molecule has 1 heterocycles. The van der Waals surface area contributed by atoms with Crippen LogP contribution in [0.5, 0.6) is 0 Å². The number of aromatic nitrogens is 3. The van der Waals surface area contributed by atoms with E-state index in [9.17, 15) is 14.4 Å². The van der Waals surface area contributed by atoms with Gasteiger partial charge in [-0.05, 0) is 43.2 Å². The number of anilines is 1. The minimum atomic E-state index is -1.06. The van der Waals surface area contributed by atoms with Crippen molar-refractivity contribution in [1.29, 1.82) is 0 Å². The van der Waals surface area contributed by atoms with Crippen molar-refractivity contribution in [2.75, 3.05) is 11.5 Å². The molecule has 0 bridgehead atoms. The van der Waals surface area contributed by atoms with Crippen LogP contribution in [-0.4, -0.2) is 39.9 Å². The van der Waals surface area contributed by atoms with Crippen molar-refractivity contribution in [3.05, 3.63) is 53.1 Å². The van der Waals surface area contributed by atoms with Crippen LogP contribution in [0.2, 0.25) is 5.02 Å². The highest BCUT2D eigenvalue weighted by molar-refractivity contribution is 6.33. The van der Waals surface area contributed by atoms with Crippen molar-refractivity contribution < 1.29 is 23.9 Å². The van der Waals surface area contributed by atoms with Crippen LogP contribution in [0.1, 0.15) is 89.7 Å². The maximum absolute atomic E-state index is 12.3. The number of carbonyl (C=O) groups is 3. The lowest BCUT2D eigenvalue weighted by molar-refractivity contribution is -0.170. The standard InChI is InChI=1S/C30H39ClN4O5/c1-3-4-5-6-7-8-9-10-11-14-19-39-29(37)30(38)40-23(2)24-17-18-25(31)28(20-24)34(22-36)21-35-27-16-13-12-15-26(27)32-33-35/h12-13,15-18,20,22-23H,3-11,14,19,21H2,1-2H3. The molecule has 9 nitrogen and oxygen atoms in total. The molecular formula is C30H39ClN4O5. The largest absolute Gasteiger partial charge is 0.457 e. The van der Waals surface area contributed by atoms with Crippen LogP contribution in [0.25, 0.3) is 11.0 Å². The van der Waals surface area contributed by atoms with Gasteiger partial charge in [-0.3, -0.25) is 9.69 Å². The number of unbranched alkanes of at least 4 members (excludes halogenated alkanes) is 9. The number of ether oxygens (including phenoxy) is 2. The minimum absolute atomic E-state index is 0.0760. The Morgan fingerprint density at radius 3 is 2.35 bits per heavy atom. The molecule has 40 heavy (non-hydrogen) atoms. The lowest BCUT2D eigenvalue weighted by Gasteiger charge is -2.21. The van der Waals surface area contributed by atoms with Gasteiger partial charge >= 0.3 is 11.9 Å². The van der Waals surface area contributed by atoms with E-state index in [1.165, 1.54) is 49.8 Å². The van der Waals surface area contributed by atoms with E-state index in [2.05, 4.69) is 17.2 Å². The average Bonchev–Trinajstić information content (AvgIpc) is 3.37. The van der Waals surface area contributed by atoms with Crippen LogP contribution in [0.4, 0.5) is 5.69 Å². The topological polar surface area (TPSA) is 104 Å². The number of hydrogen-bond acceptors (Lipinski definition) is 7. The molecule has 2 aromatic carbocycles. The third kappa shape index (κ3) is 9.33. The number of amides is 1. The summed E-state index contributed by atoms with van der Waals surface area (Å²) in [6.07, 6.45) is 11.5. The van der Waals surface area contributed by atoms with E-state index in [1.54, 1.807) is 29.8 Å². The number of rotatable bonds is 17. The summed E-state index contributed by atoms with van der Waals surface area (Å²) in [7, 11) is 0. The zero-order chi connectivity index (χ0) is 28.7. The normalized spacial score (nSPS) is 11.8. The Bertz CT molecular complexity index is 1250. The van der Waals surface area contributed by atoms with Gasteiger partial charge in [-0.15, -0.1) is 5.10 Å². The van der Waals surface area contributed by atoms with E-state index in [-0.39, 0.29) is 13.3 Å². The van der Waals surface area contributed by atoms with Gasteiger partial charge in [-0.25, -0.2) is 14.3 Å². The first-order valence-electron chi connectivity index (χ1n) is 14.1. The second-order valence-corrected chi connectivity index (χ2v) is 10.3. The van der Waals surface area contributed by atoms with Gasteiger partial charge in [0.15, 0.2) is 0 Å². The average molecular weight is 571 g/mol. The zero-order valence-corrected chi connectivity index (χ0v) is 24.1. The molecular weight excluding hydrogens is 532 g/mol. The predicted molar refractivity (Wildman–Crippen MR) is 155 cm³/mol.